The van der Waals surface area contributed by atoms with Crippen molar-refractivity contribution in [1.29, 1.82) is 0 Å². The van der Waals surface area contributed by atoms with E-state index in [0.29, 0.717) is 12.5 Å². The van der Waals surface area contributed by atoms with E-state index in [9.17, 15) is 4.79 Å². The van der Waals surface area contributed by atoms with Gasteiger partial charge in [0.05, 0.1) is 6.42 Å². The van der Waals surface area contributed by atoms with E-state index in [1.807, 2.05) is 0 Å². The number of rotatable bonds is 8. The van der Waals surface area contributed by atoms with Gasteiger partial charge in [-0.3, -0.25) is 4.79 Å². The molecule has 0 fully saturated rings. The van der Waals surface area contributed by atoms with Crippen molar-refractivity contribution in [3.63, 3.8) is 0 Å². The third kappa shape index (κ3) is 4.87. The Labute approximate surface area is 122 Å². The summed E-state index contributed by atoms with van der Waals surface area (Å²) >= 11 is 0. The first kappa shape index (κ1) is 16.5. The van der Waals surface area contributed by atoms with Gasteiger partial charge in [0.1, 0.15) is 0 Å². The smallest absolute Gasteiger partial charge is 0.305 e. The predicted molar refractivity (Wildman–Crippen MR) is 84.5 cm³/mol. The summed E-state index contributed by atoms with van der Waals surface area (Å²) in [7, 11) is 0. The standard InChI is InChI=1S/C17H27NO2/c1-5-15-8-6-7-14(4)17(15)18(11-9-13(2)3)12-10-16(19)20/h6-8,13H,5,9-12H2,1-4H3,(H,19,20). The molecule has 1 N–H and O–H groups in total. The normalized spacial score (nSPS) is 10.8. The van der Waals surface area contributed by atoms with E-state index in [1.165, 1.54) is 16.8 Å². The Hall–Kier alpha value is -1.51. The summed E-state index contributed by atoms with van der Waals surface area (Å²) in [5.41, 5.74) is 3.77. The number of benzene rings is 1. The number of nitrogens with zero attached hydrogens (tertiary/aromatic N) is 1. The largest absolute Gasteiger partial charge is 0.481 e. The van der Waals surface area contributed by atoms with E-state index in [0.717, 1.165) is 19.4 Å². The summed E-state index contributed by atoms with van der Waals surface area (Å²) in [5.74, 6) is -0.109. The fraction of sp³-hybridized carbons (Fsp3) is 0.588. The maximum atomic E-state index is 10.9. The van der Waals surface area contributed by atoms with Crippen LogP contribution in [-0.2, 0) is 11.2 Å². The summed E-state index contributed by atoms with van der Waals surface area (Å²) in [5, 5.41) is 8.96. The molecular formula is C17H27NO2. The van der Waals surface area contributed by atoms with Crippen LogP contribution in [0.1, 0.15) is 44.7 Å². The van der Waals surface area contributed by atoms with Crippen LogP contribution in [0.15, 0.2) is 18.2 Å². The number of carboxylic acid groups (broad SMARTS) is 1. The van der Waals surface area contributed by atoms with Crippen molar-refractivity contribution in [3.05, 3.63) is 29.3 Å². The highest BCUT2D eigenvalue weighted by Crippen LogP contribution is 2.26. The lowest BCUT2D eigenvalue weighted by atomic mass is 10.0. The number of hydrogen-bond donors (Lipinski definition) is 1. The second-order valence-corrected chi connectivity index (χ2v) is 5.75. The van der Waals surface area contributed by atoms with Gasteiger partial charge in [0.15, 0.2) is 0 Å². The summed E-state index contributed by atoms with van der Waals surface area (Å²) in [6, 6.07) is 6.33. The number of aryl methyl sites for hydroxylation is 2. The second kappa shape index (κ2) is 7.93. The number of aliphatic carboxylic acids is 1. The minimum absolute atomic E-state index is 0.190. The van der Waals surface area contributed by atoms with Crippen molar-refractivity contribution in [1.82, 2.24) is 0 Å². The highest BCUT2D eigenvalue weighted by atomic mass is 16.4. The minimum atomic E-state index is -0.730. The van der Waals surface area contributed by atoms with Gasteiger partial charge in [-0.1, -0.05) is 39.0 Å². The van der Waals surface area contributed by atoms with Crippen LogP contribution in [0.5, 0.6) is 0 Å². The van der Waals surface area contributed by atoms with Crippen LogP contribution in [0.3, 0.4) is 0 Å². The molecule has 0 radical (unpaired) electrons. The molecule has 3 nitrogen and oxygen atoms in total. The van der Waals surface area contributed by atoms with Crippen molar-refractivity contribution in [2.24, 2.45) is 5.92 Å². The Kier molecular flexibility index (Phi) is 6.56. The fourth-order valence-corrected chi connectivity index (χ4v) is 2.44. The third-order valence-corrected chi connectivity index (χ3v) is 3.59. The monoisotopic (exact) mass is 277 g/mol. The van der Waals surface area contributed by atoms with Crippen LogP contribution in [0, 0.1) is 12.8 Å². The quantitative estimate of drug-likeness (QED) is 0.784. The van der Waals surface area contributed by atoms with Crippen LogP contribution < -0.4 is 4.90 Å². The Balaban J connectivity index is 2.98. The Morgan fingerprint density at radius 1 is 1.30 bits per heavy atom. The molecule has 1 aromatic carbocycles. The van der Waals surface area contributed by atoms with E-state index in [4.69, 9.17) is 5.11 Å². The van der Waals surface area contributed by atoms with E-state index in [-0.39, 0.29) is 6.42 Å². The highest BCUT2D eigenvalue weighted by Gasteiger charge is 2.14. The molecule has 0 spiro atoms. The molecule has 0 atom stereocenters. The van der Waals surface area contributed by atoms with Crippen molar-refractivity contribution >= 4 is 11.7 Å². The van der Waals surface area contributed by atoms with E-state index in [1.54, 1.807) is 0 Å². The summed E-state index contributed by atoms with van der Waals surface area (Å²) in [6.45, 7) is 10.2. The molecule has 0 aliphatic carbocycles. The zero-order valence-corrected chi connectivity index (χ0v) is 13.1. The van der Waals surface area contributed by atoms with E-state index < -0.39 is 5.97 Å². The minimum Gasteiger partial charge on any atom is -0.481 e. The molecule has 0 aliphatic rings. The lowest BCUT2D eigenvalue weighted by Crippen LogP contribution is -2.29. The van der Waals surface area contributed by atoms with Crippen LogP contribution in [-0.4, -0.2) is 24.2 Å². The van der Waals surface area contributed by atoms with Gasteiger partial charge in [-0.05, 0) is 36.8 Å². The number of hydrogen-bond acceptors (Lipinski definition) is 2. The average Bonchev–Trinajstić information content (AvgIpc) is 2.39. The molecule has 0 bridgehead atoms. The lowest BCUT2D eigenvalue weighted by Gasteiger charge is -2.29. The molecule has 0 amide bonds. The van der Waals surface area contributed by atoms with Crippen molar-refractivity contribution in [2.45, 2.75) is 47.0 Å². The molecule has 0 saturated carbocycles. The number of para-hydroxylation sites is 1. The molecule has 0 aromatic heterocycles. The average molecular weight is 277 g/mol. The number of carbonyl (C=O) groups is 1. The van der Waals surface area contributed by atoms with E-state index in [2.05, 4.69) is 50.8 Å². The van der Waals surface area contributed by atoms with Crippen LogP contribution in [0.25, 0.3) is 0 Å². The molecule has 0 heterocycles. The SMILES string of the molecule is CCc1cccc(C)c1N(CCC(=O)O)CCC(C)C. The van der Waals surface area contributed by atoms with E-state index >= 15 is 0 Å². The Morgan fingerprint density at radius 3 is 2.55 bits per heavy atom. The Morgan fingerprint density at radius 2 is 2.00 bits per heavy atom. The predicted octanol–water partition coefficient (Wildman–Crippen LogP) is 3.88. The number of anilines is 1. The molecule has 1 rings (SSSR count). The lowest BCUT2D eigenvalue weighted by molar-refractivity contribution is -0.136. The molecule has 112 valence electrons. The molecule has 1 aromatic rings. The molecule has 3 heteroatoms. The van der Waals surface area contributed by atoms with Gasteiger partial charge in [0.25, 0.3) is 0 Å². The van der Waals surface area contributed by atoms with Crippen molar-refractivity contribution in [2.75, 3.05) is 18.0 Å². The van der Waals surface area contributed by atoms with Crippen LogP contribution >= 0.6 is 0 Å². The van der Waals surface area contributed by atoms with Gasteiger partial charge >= 0.3 is 5.97 Å². The molecule has 0 unspecified atom stereocenters. The molecular weight excluding hydrogens is 250 g/mol. The topological polar surface area (TPSA) is 40.5 Å². The second-order valence-electron chi connectivity index (χ2n) is 5.75. The number of carboxylic acids is 1. The first-order chi connectivity index (χ1) is 9.45. The zero-order valence-electron chi connectivity index (χ0n) is 13.1. The van der Waals surface area contributed by atoms with Crippen LogP contribution in [0.4, 0.5) is 5.69 Å². The van der Waals surface area contributed by atoms with Gasteiger partial charge in [0.2, 0.25) is 0 Å². The Bertz CT molecular complexity index is 441. The molecule has 20 heavy (non-hydrogen) atoms. The van der Waals surface area contributed by atoms with Crippen molar-refractivity contribution < 1.29 is 9.90 Å². The first-order valence-electron chi connectivity index (χ1n) is 7.50. The summed E-state index contributed by atoms with van der Waals surface area (Å²) < 4.78 is 0. The van der Waals surface area contributed by atoms with Gasteiger partial charge < -0.3 is 10.0 Å². The molecule has 0 aliphatic heterocycles. The highest BCUT2D eigenvalue weighted by molar-refractivity contribution is 5.68. The summed E-state index contributed by atoms with van der Waals surface area (Å²) in [4.78, 5) is 13.1. The van der Waals surface area contributed by atoms with Crippen LogP contribution in [0.2, 0.25) is 0 Å². The maximum Gasteiger partial charge on any atom is 0.305 e. The first-order valence-corrected chi connectivity index (χ1v) is 7.50. The van der Waals surface area contributed by atoms with Gasteiger partial charge in [-0.25, -0.2) is 0 Å². The van der Waals surface area contributed by atoms with Gasteiger partial charge in [-0.15, -0.1) is 0 Å². The third-order valence-electron chi connectivity index (χ3n) is 3.59. The maximum absolute atomic E-state index is 10.9. The zero-order chi connectivity index (χ0) is 15.1. The molecule has 0 saturated heterocycles. The van der Waals surface area contributed by atoms with Gasteiger partial charge in [0, 0.05) is 18.8 Å². The van der Waals surface area contributed by atoms with Crippen molar-refractivity contribution in [3.8, 4) is 0 Å². The van der Waals surface area contributed by atoms with Gasteiger partial charge in [-0.2, -0.15) is 0 Å². The summed E-state index contributed by atoms with van der Waals surface area (Å²) in [6.07, 6.45) is 2.24. The fourth-order valence-electron chi connectivity index (χ4n) is 2.44.